The van der Waals surface area contributed by atoms with Crippen molar-refractivity contribution in [2.75, 3.05) is 11.9 Å². The molecule has 0 aliphatic carbocycles. The van der Waals surface area contributed by atoms with Gasteiger partial charge in [0.1, 0.15) is 0 Å². The average molecular weight is 285 g/mol. The van der Waals surface area contributed by atoms with Gasteiger partial charge in [0.05, 0.1) is 19.6 Å². The maximum Gasteiger partial charge on any atom is 0.230 e. The number of benzene rings is 1. The summed E-state index contributed by atoms with van der Waals surface area (Å²) in [6.07, 6.45) is 2.15. The topological polar surface area (TPSA) is 67.0 Å². The van der Waals surface area contributed by atoms with Crippen LogP contribution in [0.15, 0.2) is 24.3 Å². The summed E-state index contributed by atoms with van der Waals surface area (Å²) >= 11 is 0. The van der Waals surface area contributed by atoms with E-state index >= 15 is 0 Å². The lowest BCUT2D eigenvalue weighted by Gasteiger charge is -2.12. The maximum atomic E-state index is 12.2. The predicted octanol–water partition coefficient (Wildman–Crippen LogP) is 2.23. The molecule has 0 atom stereocenters. The number of nitrogens with zero attached hydrogens (tertiary/aromatic N) is 1. The van der Waals surface area contributed by atoms with E-state index < -0.39 is 0 Å². The molecule has 110 valence electrons. The first kappa shape index (κ1) is 13.8. The van der Waals surface area contributed by atoms with Crippen LogP contribution in [0.3, 0.4) is 0 Å². The summed E-state index contributed by atoms with van der Waals surface area (Å²) in [7, 11) is 0. The molecule has 2 N–H and O–H groups in total. The molecule has 1 aromatic heterocycles. The van der Waals surface area contributed by atoms with E-state index in [4.69, 9.17) is 4.74 Å². The number of H-pyrrole nitrogens is 1. The summed E-state index contributed by atoms with van der Waals surface area (Å²) in [5.74, 6) is 0.546. The number of hydrogen-bond donors (Lipinski definition) is 2. The third kappa shape index (κ3) is 3.13. The molecule has 3 rings (SSSR count). The molecular formula is C16H19N3O2. The highest BCUT2D eigenvalue weighted by molar-refractivity contribution is 5.92. The zero-order valence-corrected chi connectivity index (χ0v) is 12.1. The molecule has 5 nitrogen and oxygen atoms in total. The monoisotopic (exact) mass is 285 g/mol. The summed E-state index contributed by atoms with van der Waals surface area (Å²) in [6.45, 7) is 3.31. The Labute approximate surface area is 123 Å². The predicted molar refractivity (Wildman–Crippen MR) is 80.1 cm³/mol. The maximum absolute atomic E-state index is 12.2. The van der Waals surface area contributed by atoms with Crippen molar-refractivity contribution in [1.82, 2.24) is 10.2 Å². The van der Waals surface area contributed by atoms with Crippen LogP contribution in [0.25, 0.3) is 0 Å². The molecule has 0 spiro atoms. The van der Waals surface area contributed by atoms with Gasteiger partial charge in [-0.25, -0.2) is 0 Å². The van der Waals surface area contributed by atoms with Gasteiger partial charge in [0.25, 0.3) is 0 Å². The Morgan fingerprint density at radius 2 is 2.29 bits per heavy atom. The molecule has 0 radical (unpaired) electrons. The van der Waals surface area contributed by atoms with Crippen LogP contribution in [0.4, 0.5) is 5.82 Å². The van der Waals surface area contributed by atoms with Crippen molar-refractivity contribution in [3.63, 3.8) is 0 Å². The molecule has 5 heteroatoms. The first-order valence-electron chi connectivity index (χ1n) is 7.27. The van der Waals surface area contributed by atoms with Gasteiger partial charge in [-0.1, -0.05) is 31.2 Å². The lowest BCUT2D eigenvalue weighted by Crippen LogP contribution is -2.17. The molecule has 0 saturated carbocycles. The van der Waals surface area contributed by atoms with E-state index in [1.807, 2.05) is 12.1 Å². The number of rotatable bonds is 4. The zero-order chi connectivity index (χ0) is 14.7. The van der Waals surface area contributed by atoms with Crippen LogP contribution in [-0.4, -0.2) is 22.7 Å². The minimum absolute atomic E-state index is 0.0527. The van der Waals surface area contributed by atoms with E-state index in [0.29, 0.717) is 25.5 Å². The minimum Gasteiger partial charge on any atom is -0.376 e. The lowest BCUT2D eigenvalue weighted by molar-refractivity contribution is -0.115. The fraction of sp³-hybridized carbons (Fsp3) is 0.375. The van der Waals surface area contributed by atoms with Crippen LogP contribution in [0.1, 0.15) is 29.3 Å². The number of hydrogen-bond acceptors (Lipinski definition) is 3. The van der Waals surface area contributed by atoms with Crippen molar-refractivity contribution in [3.05, 3.63) is 46.6 Å². The summed E-state index contributed by atoms with van der Waals surface area (Å²) in [5.41, 5.74) is 4.29. The summed E-state index contributed by atoms with van der Waals surface area (Å²) in [5, 5.41) is 10.0. The number of fused-ring (bicyclic) bond motifs is 1. The van der Waals surface area contributed by atoms with Crippen LogP contribution in [0.2, 0.25) is 0 Å². The van der Waals surface area contributed by atoms with Gasteiger partial charge in [0, 0.05) is 17.7 Å². The molecular weight excluding hydrogens is 266 g/mol. The van der Waals surface area contributed by atoms with E-state index in [9.17, 15) is 4.79 Å². The number of aromatic amines is 1. The fourth-order valence-corrected chi connectivity index (χ4v) is 2.54. The molecule has 1 aliphatic heterocycles. The molecule has 0 saturated heterocycles. The molecule has 0 fully saturated rings. The first-order chi connectivity index (χ1) is 10.3. The van der Waals surface area contributed by atoms with Crippen LogP contribution >= 0.6 is 0 Å². The van der Waals surface area contributed by atoms with Crippen molar-refractivity contribution in [2.24, 2.45) is 0 Å². The molecule has 1 aromatic carbocycles. The lowest BCUT2D eigenvalue weighted by atomic mass is 10.1. The van der Waals surface area contributed by atoms with Gasteiger partial charge in [-0.05, 0) is 17.5 Å². The molecule has 1 aliphatic rings. The highest BCUT2D eigenvalue weighted by Gasteiger charge is 2.18. The van der Waals surface area contributed by atoms with E-state index in [0.717, 1.165) is 29.7 Å². The van der Waals surface area contributed by atoms with Gasteiger partial charge in [-0.3, -0.25) is 9.89 Å². The third-order valence-electron chi connectivity index (χ3n) is 3.72. The third-order valence-corrected chi connectivity index (χ3v) is 3.72. The van der Waals surface area contributed by atoms with Gasteiger partial charge < -0.3 is 10.1 Å². The van der Waals surface area contributed by atoms with Crippen molar-refractivity contribution in [3.8, 4) is 0 Å². The number of aryl methyl sites for hydroxylation is 1. The SMILES string of the molecule is CCc1cccc(CC(=O)Nc2n[nH]c3c2COCC3)c1. The van der Waals surface area contributed by atoms with Crippen molar-refractivity contribution in [1.29, 1.82) is 0 Å². The summed E-state index contributed by atoms with van der Waals surface area (Å²) < 4.78 is 5.41. The normalized spacial score (nSPS) is 13.8. The van der Waals surface area contributed by atoms with Crippen molar-refractivity contribution in [2.45, 2.75) is 32.8 Å². The van der Waals surface area contributed by atoms with E-state index in [1.54, 1.807) is 0 Å². The van der Waals surface area contributed by atoms with Crippen LogP contribution < -0.4 is 5.32 Å². The van der Waals surface area contributed by atoms with Crippen LogP contribution in [-0.2, 0) is 35.4 Å². The van der Waals surface area contributed by atoms with Crippen molar-refractivity contribution < 1.29 is 9.53 Å². The molecule has 21 heavy (non-hydrogen) atoms. The van der Waals surface area contributed by atoms with Crippen molar-refractivity contribution >= 4 is 11.7 Å². The average Bonchev–Trinajstić information content (AvgIpc) is 2.91. The van der Waals surface area contributed by atoms with E-state index in [1.165, 1.54) is 5.56 Å². The Hall–Kier alpha value is -2.14. The van der Waals surface area contributed by atoms with Gasteiger partial charge in [0.15, 0.2) is 5.82 Å². The minimum atomic E-state index is -0.0527. The number of ether oxygens (including phenoxy) is 1. The number of carbonyl (C=O) groups is 1. The molecule has 1 amide bonds. The number of nitrogens with one attached hydrogen (secondary N) is 2. The Balaban J connectivity index is 1.67. The molecule has 2 aromatic rings. The largest absolute Gasteiger partial charge is 0.376 e. The van der Waals surface area contributed by atoms with Gasteiger partial charge in [-0.15, -0.1) is 0 Å². The van der Waals surface area contributed by atoms with E-state index in [2.05, 4.69) is 34.6 Å². The zero-order valence-electron chi connectivity index (χ0n) is 12.1. The molecule has 0 unspecified atom stereocenters. The second-order valence-corrected chi connectivity index (χ2v) is 5.23. The van der Waals surface area contributed by atoms with Gasteiger partial charge in [-0.2, -0.15) is 5.10 Å². The number of anilines is 1. The first-order valence-corrected chi connectivity index (χ1v) is 7.27. The Kier molecular flexibility index (Phi) is 4.01. The quantitative estimate of drug-likeness (QED) is 0.905. The Bertz CT molecular complexity index is 649. The smallest absolute Gasteiger partial charge is 0.230 e. The number of aromatic nitrogens is 2. The Morgan fingerprint density at radius 3 is 3.14 bits per heavy atom. The highest BCUT2D eigenvalue weighted by atomic mass is 16.5. The highest BCUT2D eigenvalue weighted by Crippen LogP contribution is 2.22. The second kappa shape index (κ2) is 6.10. The number of carbonyl (C=O) groups excluding carboxylic acids is 1. The van der Waals surface area contributed by atoms with E-state index in [-0.39, 0.29) is 5.91 Å². The fourth-order valence-electron chi connectivity index (χ4n) is 2.54. The molecule has 0 bridgehead atoms. The molecule has 2 heterocycles. The van der Waals surface area contributed by atoms with Crippen LogP contribution in [0.5, 0.6) is 0 Å². The van der Waals surface area contributed by atoms with Gasteiger partial charge >= 0.3 is 0 Å². The summed E-state index contributed by atoms with van der Waals surface area (Å²) in [6, 6.07) is 8.11. The summed E-state index contributed by atoms with van der Waals surface area (Å²) in [4.78, 5) is 12.2. The van der Waals surface area contributed by atoms with Gasteiger partial charge in [0.2, 0.25) is 5.91 Å². The van der Waals surface area contributed by atoms with Crippen LogP contribution in [0, 0.1) is 0 Å². The standard InChI is InChI=1S/C16H19N3O2/c1-2-11-4-3-5-12(8-11)9-15(20)17-16-13-10-21-7-6-14(13)18-19-16/h3-5,8H,2,6-7,9-10H2,1H3,(H2,17,18,19,20). The second-order valence-electron chi connectivity index (χ2n) is 5.23. The number of amides is 1. The Morgan fingerprint density at radius 1 is 1.43 bits per heavy atom.